The van der Waals surface area contributed by atoms with E-state index in [0.717, 1.165) is 28.5 Å². The van der Waals surface area contributed by atoms with Crippen molar-refractivity contribution in [1.29, 1.82) is 0 Å². The van der Waals surface area contributed by atoms with Gasteiger partial charge in [-0.15, -0.1) is 0 Å². The summed E-state index contributed by atoms with van der Waals surface area (Å²) < 4.78 is 6.98. The van der Waals surface area contributed by atoms with Crippen LogP contribution >= 0.6 is 0 Å². The maximum absolute atomic E-state index is 5.09. The van der Waals surface area contributed by atoms with E-state index in [4.69, 9.17) is 4.74 Å². The van der Waals surface area contributed by atoms with Gasteiger partial charge in [0.05, 0.1) is 23.7 Å². The smallest absolute Gasteiger partial charge is 0.131 e. The van der Waals surface area contributed by atoms with E-state index >= 15 is 0 Å². The van der Waals surface area contributed by atoms with Crippen LogP contribution in [0.2, 0.25) is 0 Å². The molecule has 23 heavy (non-hydrogen) atoms. The Hall–Kier alpha value is -2.53. The quantitative estimate of drug-likeness (QED) is 0.726. The van der Waals surface area contributed by atoms with Crippen LogP contribution in [0.3, 0.4) is 0 Å². The molecule has 3 rings (SSSR count). The second-order valence-electron chi connectivity index (χ2n) is 5.51. The Balaban J connectivity index is 1.93. The van der Waals surface area contributed by atoms with Gasteiger partial charge in [-0.05, 0) is 32.0 Å². The molecular weight excluding hydrogens is 288 g/mol. The van der Waals surface area contributed by atoms with Crippen molar-refractivity contribution in [2.45, 2.75) is 20.3 Å². The van der Waals surface area contributed by atoms with Crippen LogP contribution in [0, 0.1) is 13.8 Å². The maximum atomic E-state index is 5.09. The fourth-order valence-corrected chi connectivity index (χ4v) is 2.40. The summed E-state index contributed by atoms with van der Waals surface area (Å²) >= 11 is 0. The molecule has 0 aliphatic rings. The molecule has 1 aromatic carbocycles. The summed E-state index contributed by atoms with van der Waals surface area (Å²) in [4.78, 5) is 8.91. The molecule has 0 aliphatic heterocycles. The molecule has 2 aromatic heterocycles. The van der Waals surface area contributed by atoms with Crippen molar-refractivity contribution in [2.75, 3.05) is 13.7 Å². The molecule has 0 bridgehead atoms. The van der Waals surface area contributed by atoms with E-state index < -0.39 is 0 Å². The summed E-state index contributed by atoms with van der Waals surface area (Å²) in [5.41, 5.74) is 5.13. The number of hydrogen-bond acceptors (Lipinski definition) is 4. The first kappa shape index (κ1) is 15.4. The van der Waals surface area contributed by atoms with E-state index in [1.54, 1.807) is 13.3 Å². The second kappa shape index (κ2) is 6.71. The van der Waals surface area contributed by atoms with Gasteiger partial charge in [0, 0.05) is 31.5 Å². The van der Waals surface area contributed by atoms with Gasteiger partial charge in [0.1, 0.15) is 5.82 Å². The molecule has 0 amide bonds. The normalized spacial score (nSPS) is 10.9. The minimum absolute atomic E-state index is 0.616. The fourth-order valence-electron chi connectivity index (χ4n) is 2.40. The summed E-state index contributed by atoms with van der Waals surface area (Å²) in [6, 6.07) is 10.2. The lowest BCUT2D eigenvalue weighted by molar-refractivity contribution is 0.200. The van der Waals surface area contributed by atoms with E-state index in [9.17, 15) is 0 Å². The number of hydrogen-bond donors (Lipinski definition) is 0. The molecule has 0 atom stereocenters. The van der Waals surface area contributed by atoms with Crippen LogP contribution in [0.5, 0.6) is 0 Å². The average Bonchev–Trinajstić information content (AvgIpc) is 2.96. The van der Waals surface area contributed by atoms with Gasteiger partial charge in [0.25, 0.3) is 0 Å². The molecule has 0 saturated heterocycles. The first-order chi connectivity index (χ1) is 11.2. The number of benzene rings is 1. The van der Waals surface area contributed by atoms with Crippen LogP contribution in [-0.2, 0) is 11.2 Å². The predicted octanol–water partition coefficient (Wildman–Crippen LogP) is 3.14. The topological polar surface area (TPSA) is 52.8 Å². The molecular formula is C18H20N4O. The summed E-state index contributed by atoms with van der Waals surface area (Å²) in [7, 11) is 1.68. The molecule has 0 aliphatic carbocycles. The summed E-state index contributed by atoms with van der Waals surface area (Å²) in [5.74, 6) is 0.784. The Morgan fingerprint density at radius 1 is 1.09 bits per heavy atom. The van der Waals surface area contributed by atoms with Gasteiger partial charge < -0.3 is 4.74 Å². The van der Waals surface area contributed by atoms with E-state index in [1.807, 2.05) is 23.9 Å². The molecule has 2 heterocycles. The highest BCUT2D eigenvalue weighted by molar-refractivity contribution is 5.61. The molecule has 0 spiro atoms. The Labute approximate surface area is 136 Å². The fraction of sp³-hybridized carbons (Fsp3) is 0.278. The van der Waals surface area contributed by atoms with Crippen LogP contribution in [0.15, 0.2) is 42.7 Å². The van der Waals surface area contributed by atoms with Gasteiger partial charge in [-0.3, -0.25) is 0 Å². The summed E-state index contributed by atoms with van der Waals surface area (Å²) in [5, 5.41) is 4.61. The lowest BCUT2D eigenvalue weighted by atomic mass is 10.2. The van der Waals surface area contributed by atoms with Crippen molar-refractivity contribution < 1.29 is 4.74 Å². The molecule has 0 unspecified atom stereocenters. The molecule has 5 nitrogen and oxygen atoms in total. The van der Waals surface area contributed by atoms with Crippen molar-refractivity contribution in [3.05, 3.63) is 59.8 Å². The lowest BCUT2D eigenvalue weighted by Gasteiger charge is -2.02. The molecule has 118 valence electrons. The highest BCUT2D eigenvalue weighted by Gasteiger charge is 2.11. The number of aryl methyl sites for hydroxylation is 2. The van der Waals surface area contributed by atoms with Crippen molar-refractivity contribution in [2.24, 2.45) is 0 Å². The van der Waals surface area contributed by atoms with Gasteiger partial charge >= 0.3 is 0 Å². The Morgan fingerprint density at radius 2 is 1.87 bits per heavy atom. The molecule has 5 heteroatoms. The lowest BCUT2D eigenvalue weighted by Crippen LogP contribution is -2.01. The van der Waals surface area contributed by atoms with E-state index in [1.165, 1.54) is 5.56 Å². The molecule has 0 fully saturated rings. The minimum atomic E-state index is 0.616. The van der Waals surface area contributed by atoms with Crippen LogP contribution in [0.4, 0.5) is 0 Å². The summed E-state index contributed by atoms with van der Waals surface area (Å²) in [6.45, 7) is 4.69. The Bertz CT molecular complexity index is 793. The largest absolute Gasteiger partial charge is 0.384 e. The van der Waals surface area contributed by atoms with Crippen molar-refractivity contribution in [3.63, 3.8) is 0 Å². The molecule has 3 aromatic rings. The molecule has 0 radical (unpaired) electrons. The third kappa shape index (κ3) is 3.46. The Kier molecular flexibility index (Phi) is 4.48. The second-order valence-corrected chi connectivity index (χ2v) is 5.51. The zero-order valence-corrected chi connectivity index (χ0v) is 13.7. The van der Waals surface area contributed by atoms with Gasteiger partial charge in [-0.2, -0.15) is 5.10 Å². The van der Waals surface area contributed by atoms with Crippen molar-refractivity contribution >= 4 is 0 Å². The van der Waals surface area contributed by atoms with Crippen LogP contribution in [-0.4, -0.2) is 33.5 Å². The van der Waals surface area contributed by atoms with Gasteiger partial charge in [-0.1, -0.05) is 17.7 Å². The summed E-state index contributed by atoms with van der Waals surface area (Å²) in [6.07, 6.45) is 4.51. The first-order valence-corrected chi connectivity index (χ1v) is 7.62. The third-order valence-corrected chi connectivity index (χ3v) is 3.71. The highest BCUT2D eigenvalue weighted by Crippen LogP contribution is 2.22. The molecule has 0 saturated carbocycles. The highest BCUT2D eigenvalue weighted by atomic mass is 16.5. The predicted molar refractivity (Wildman–Crippen MR) is 89.6 cm³/mol. The number of ether oxygens (including phenoxy) is 1. The minimum Gasteiger partial charge on any atom is -0.384 e. The zero-order valence-electron chi connectivity index (χ0n) is 13.7. The van der Waals surface area contributed by atoms with E-state index in [2.05, 4.69) is 46.3 Å². The van der Waals surface area contributed by atoms with Gasteiger partial charge in [-0.25, -0.2) is 14.6 Å². The molecule has 0 N–H and O–H groups in total. The van der Waals surface area contributed by atoms with E-state index in [0.29, 0.717) is 13.0 Å². The standard InChI is InChI=1S/C18H20N4O/c1-13-4-6-15(7-5-13)22-12-16(14(2)21-22)17-8-10-19-18(20-17)9-11-23-3/h4-8,10,12H,9,11H2,1-3H3. The van der Waals surface area contributed by atoms with Gasteiger partial charge in [0.2, 0.25) is 0 Å². The number of aromatic nitrogens is 4. The zero-order chi connectivity index (χ0) is 16.2. The van der Waals surface area contributed by atoms with Gasteiger partial charge in [0.15, 0.2) is 0 Å². The monoisotopic (exact) mass is 308 g/mol. The Morgan fingerprint density at radius 3 is 2.61 bits per heavy atom. The van der Waals surface area contributed by atoms with E-state index in [-0.39, 0.29) is 0 Å². The maximum Gasteiger partial charge on any atom is 0.131 e. The first-order valence-electron chi connectivity index (χ1n) is 7.62. The third-order valence-electron chi connectivity index (χ3n) is 3.71. The van der Waals surface area contributed by atoms with Crippen molar-refractivity contribution in [1.82, 2.24) is 19.7 Å². The van der Waals surface area contributed by atoms with Crippen LogP contribution in [0.25, 0.3) is 16.9 Å². The number of rotatable bonds is 5. The SMILES string of the molecule is COCCc1nccc(-c2cn(-c3ccc(C)cc3)nc2C)n1. The number of methoxy groups -OCH3 is 1. The average molecular weight is 308 g/mol. The number of nitrogens with zero attached hydrogens (tertiary/aromatic N) is 4. The van der Waals surface area contributed by atoms with Crippen LogP contribution < -0.4 is 0 Å². The van der Waals surface area contributed by atoms with Crippen molar-refractivity contribution in [3.8, 4) is 16.9 Å². The van der Waals surface area contributed by atoms with Crippen LogP contribution in [0.1, 0.15) is 17.1 Å².